The molecule has 1 aliphatic heterocycles. The molecule has 0 radical (unpaired) electrons. The molecule has 2 heterocycles. The standard InChI is InChI=1S/C18H16F4N4O2S/c1-25-17(27)12(23-18(25)29)6-9-3-4-14(28-2)10(5-9)8-26-13(16(21)22)7-11(24-26)15(19)20/h3-7,15-16H,8H2,1-2H3,(H,23,29)/b12-6+. The predicted octanol–water partition coefficient (Wildman–Crippen LogP) is 3.50. The van der Waals surface area contributed by atoms with E-state index in [4.69, 9.17) is 17.0 Å². The third-order valence-electron chi connectivity index (χ3n) is 4.29. The molecule has 29 heavy (non-hydrogen) atoms. The molecule has 1 aliphatic rings. The Morgan fingerprint density at radius 3 is 2.52 bits per heavy atom. The smallest absolute Gasteiger partial charge is 0.282 e. The fourth-order valence-corrected chi connectivity index (χ4v) is 3.02. The highest BCUT2D eigenvalue weighted by molar-refractivity contribution is 7.80. The second-order valence-electron chi connectivity index (χ2n) is 6.18. The van der Waals surface area contributed by atoms with Crippen molar-refractivity contribution in [2.24, 2.45) is 0 Å². The quantitative estimate of drug-likeness (QED) is 0.434. The Hall–Kier alpha value is -2.95. The van der Waals surface area contributed by atoms with Gasteiger partial charge in [-0.15, -0.1) is 0 Å². The first-order chi connectivity index (χ1) is 13.7. The lowest BCUT2D eigenvalue weighted by molar-refractivity contribution is -0.121. The van der Waals surface area contributed by atoms with Crippen LogP contribution in [0, 0.1) is 0 Å². The lowest BCUT2D eigenvalue weighted by atomic mass is 10.1. The maximum atomic E-state index is 13.2. The van der Waals surface area contributed by atoms with Crippen LogP contribution in [0.5, 0.6) is 5.75 Å². The summed E-state index contributed by atoms with van der Waals surface area (Å²) in [7, 11) is 2.93. The largest absolute Gasteiger partial charge is 0.496 e. The summed E-state index contributed by atoms with van der Waals surface area (Å²) in [6.07, 6.45) is -4.39. The summed E-state index contributed by atoms with van der Waals surface area (Å²) >= 11 is 5.02. The molecule has 0 bridgehead atoms. The van der Waals surface area contributed by atoms with Gasteiger partial charge in [0.2, 0.25) is 0 Å². The third-order valence-corrected chi connectivity index (χ3v) is 4.67. The number of amides is 1. The van der Waals surface area contributed by atoms with E-state index in [-0.39, 0.29) is 23.3 Å². The van der Waals surface area contributed by atoms with E-state index in [1.807, 2.05) is 0 Å². The van der Waals surface area contributed by atoms with Crippen molar-refractivity contribution in [3.63, 3.8) is 0 Å². The summed E-state index contributed by atoms with van der Waals surface area (Å²) in [5, 5.41) is 6.63. The molecule has 11 heteroatoms. The second kappa shape index (κ2) is 8.19. The van der Waals surface area contributed by atoms with E-state index in [0.29, 0.717) is 22.9 Å². The number of nitrogens with one attached hydrogen (secondary N) is 1. The molecule has 1 N–H and O–H groups in total. The molecule has 1 saturated heterocycles. The first kappa shape index (κ1) is 20.8. The number of likely N-dealkylation sites (N-methyl/N-ethyl adjacent to an activating group) is 1. The molecule has 1 amide bonds. The Kier molecular flexibility index (Phi) is 5.87. The highest BCUT2D eigenvalue weighted by Gasteiger charge is 2.27. The van der Waals surface area contributed by atoms with Crippen LogP contribution in [0.1, 0.15) is 35.4 Å². The lowest BCUT2D eigenvalue weighted by Gasteiger charge is -2.12. The molecule has 1 fully saturated rings. The highest BCUT2D eigenvalue weighted by atomic mass is 32.1. The van der Waals surface area contributed by atoms with Crippen molar-refractivity contribution in [1.82, 2.24) is 20.0 Å². The maximum Gasteiger partial charge on any atom is 0.282 e. The molecular formula is C18H16F4N4O2S. The number of rotatable bonds is 6. The van der Waals surface area contributed by atoms with Gasteiger partial charge >= 0.3 is 0 Å². The van der Waals surface area contributed by atoms with Gasteiger partial charge in [0, 0.05) is 12.6 Å². The van der Waals surface area contributed by atoms with Gasteiger partial charge in [-0.2, -0.15) is 5.10 Å². The molecule has 1 aromatic carbocycles. The Balaban J connectivity index is 1.97. The van der Waals surface area contributed by atoms with Crippen molar-refractivity contribution < 1.29 is 27.1 Å². The Morgan fingerprint density at radius 1 is 1.24 bits per heavy atom. The predicted molar refractivity (Wildman–Crippen MR) is 101 cm³/mol. The van der Waals surface area contributed by atoms with Crippen LogP contribution < -0.4 is 10.1 Å². The van der Waals surface area contributed by atoms with E-state index in [1.165, 1.54) is 19.1 Å². The molecule has 2 aromatic rings. The minimum Gasteiger partial charge on any atom is -0.496 e. The zero-order chi connectivity index (χ0) is 21.3. The van der Waals surface area contributed by atoms with Crippen LogP contribution in [-0.4, -0.2) is 39.9 Å². The summed E-state index contributed by atoms with van der Waals surface area (Å²) in [5.74, 6) is 0.0424. The number of carbonyl (C=O) groups is 1. The fourth-order valence-electron chi connectivity index (χ4n) is 2.82. The third kappa shape index (κ3) is 4.24. The van der Waals surface area contributed by atoms with E-state index in [9.17, 15) is 22.4 Å². The van der Waals surface area contributed by atoms with Crippen molar-refractivity contribution in [3.8, 4) is 5.75 Å². The molecule has 0 aliphatic carbocycles. The van der Waals surface area contributed by atoms with Crippen LogP contribution in [-0.2, 0) is 11.3 Å². The minimum absolute atomic E-state index is 0.216. The maximum absolute atomic E-state index is 13.2. The highest BCUT2D eigenvalue weighted by Crippen LogP contribution is 2.28. The number of methoxy groups -OCH3 is 1. The first-order valence-electron chi connectivity index (χ1n) is 8.32. The molecule has 154 valence electrons. The van der Waals surface area contributed by atoms with Gasteiger partial charge in [0.15, 0.2) is 5.11 Å². The van der Waals surface area contributed by atoms with Crippen molar-refractivity contribution in [2.75, 3.05) is 14.2 Å². The second-order valence-corrected chi connectivity index (χ2v) is 6.56. The summed E-state index contributed by atoms with van der Waals surface area (Å²) in [6, 6.07) is 5.53. The topological polar surface area (TPSA) is 59.4 Å². The average molecular weight is 428 g/mol. The van der Waals surface area contributed by atoms with Gasteiger partial charge in [-0.3, -0.25) is 14.4 Å². The normalized spacial score (nSPS) is 15.7. The first-order valence-corrected chi connectivity index (χ1v) is 8.73. The molecule has 0 saturated carbocycles. The SMILES string of the molecule is COc1ccc(/C=C2/NC(=S)N(C)C2=O)cc1Cn1nc(C(F)F)cc1C(F)F. The number of hydrogen-bond donors (Lipinski definition) is 1. The molecule has 3 rings (SSSR count). The molecular weight excluding hydrogens is 412 g/mol. The molecule has 0 unspecified atom stereocenters. The van der Waals surface area contributed by atoms with E-state index >= 15 is 0 Å². The number of thiocarbonyl (C=S) groups is 1. The van der Waals surface area contributed by atoms with Crippen molar-refractivity contribution >= 4 is 29.3 Å². The summed E-state index contributed by atoms with van der Waals surface area (Å²) < 4.78 is 58.3. The lowest BCUT2D eigenvalue weighted by Crippen LogP contribution is -2.25. The average Bonchev–Trinajstić information content (AvgIpc) is 3.20. The number of hydrogen-bond acceptors (Lipinski definition) is 4. The number of alkyl halides is 4. The number of ether oxygens (including phenoxy) is 1. The van der Waals surface area contributed by atoms with Gasteiger partial charge in [0.1, 0.15) is 22.8 Å². The summed E-state index contributed by atoms with van der Waals surface area (Å²) in [4.78, 5) is 13.4. The van der Waals surface area contributed by atoms with Gasteiger partial charge in [-0.05, 0) is 42.1 Å². The van der Waals surface area contributed by atoms with Gasteiger partial charge in [-0.1, -0.05) is 6.07 Å². The molecule has 6 nitrogen and oxygen atoms in total. The van der Waals surface area contributed by atoms with Crippen molar-refractivity contribution in [2.45, 2.75) is 19.4 Å². The minimum atomic E-state index is -2.97. The van der Waals surface area contributed by atoms with Crippen LogP contribution in [0.15, 0.2) is 30.0 Å². The number of benzene rings is 1. The van der Waals surface area contributed by atoms with Gasteiger partial charge in [-0.25, -0.2) is 17.6 Å². The summed E-state index contributed by atoms with van der Waals surface area (Å²) in [6.45, 7) is -0.216. The van der Waals surface area contributed by atoms with Gasteiger partial charge < -0.3 is 10.1 Å². The number of aromatic nitrogens is 2. The van der Waals surface area contributed by atoms with Crippen LogP contribution in [0.2, 0.25) is 0 Å². The van der Waals surface area contributed by atoms with Crippen molar-refractivity contribution in [3.05, 3.63) is 52.5 Å². The van der Waals surface area contributed by atoms with Crippen molar-refractivity contribution in [1.29, 1.82) is 0 Å². The number of carbonyl (C=O) groups excluding carboxylic acids is 1. The fraction of sp³-hybridized carbons (Fsp3) is 0.278. The number of nitrogens with zero attached hydrogens (tertiary/aromatic N) is 3. The monoisotopic (exact) mass is 428 g/mol. The molecule has 0 atom stereocenters. The Bertz CT molecular complexity index is 990. The molecule has 0 spiro atoms. The Labute approximate surface area is 168 Å². The zero-order valence-electron chi connectivity index (χ0n) is 15.3. The van der Waals surface area contributed by atoms with Gasteiger partial charge in [0.05, 0.1) is 13.7 Å². The van der Waals surface area contributed by atoms with Crippen LogP contribution in [0.3, 0.4) is 0 Å². The van der Waals surface area contributed by atoms with E-state index in [2.05, 4.69) is 10.4 Å². The van der Waals surface area contributed by atoms with E-state index in [0.717, 1.165) is 4.68 Å². The van der Waals surface area contributed by atoms with Crippen LogP contribution >= 0.6 is 12.2 Å². The Morgan fingerprint density at radius 2 is 1.97 bits per heavy atom. The van der Waals surface area contributed by atoms with E-state index in [1.54, 1.807) is 24.3 Å². The summed E-state index contributed by atoms with van der Waals surface area (Å²) in [5.41, 5.74) is -0.106. The van der Waals surface area contributed by atoms with E-state index < -0.39 is 24.2 Å². The number of halogens is 4. The van der Waals surface area contributed by atoms with Crippen LogP contribution in [0.25, 0.3) is 6.08 Å². The van der Waals surface area contributed by atoms with Gasteiger partial charge in [0.25, 0.3) is 18.8 Å². The molecule has 1 aromatic heterocycles. The van der Waals surface area contributed by atoms with Crippen LogP contribution in [0.4, 0.5) is 17.6 Å². The zero-order valence-corrected chi connectivity index (χ0v) is 16.1.